The van der Waals surface area contributed by atoms with Gasteiger partial charge in [-0.2, -0.15) is 0 Å². The van der Waals surface area contributed by atoms with Crippen LogP contribution in [0.3, 0.4) is 0 Å². The molecule has 0 aliphatic heterocycles. The summed E-state index contributed by atoms with van der Waals surface area (Å²) in [7, 11) is 0. The van der Waals surface area contributed by atoms with Crippen LogP contribution >= 0.6 is 23.1 Å². The fourth-order valence-corrected chi connectivity index (χ4v) is 3.04. The molecule has 0 atom stereocenters. The normalized spacial score (nSPS) is 10.3. The third-order valence-corrected chi connectivity index (χ3v) is 4.37. The first kappa shape index (κ1) is 13.1. The predicted octanol–water partition coefficient (Wildman–Crippen LogP) is 3.74. The largest absolute Gasteiger partial charge is 0.357 e. The summed E-state index contributed by atoms with van der Waals surface area (Å²) in [5, 5.41) is 12.2. The minimum Gasteiger partial charge on any atom is -0.357 e. The Morgan fingerprint density at radius 1 is 1.33 bits per heavy atom. The Hall–Kier alpha value is -1.33. The number of anilines is 1. The molecule has 1 aromatic carbocycles. The van der Waals surface area contributed by atoms with Gasteiger partial charge in [-0.05, 0) is 12.5 Å². The minimum atomic E-state index is 0.720. The average Bonchev–Trinajstić information content (AvgIpc) is 2.84. The summed E-state index contributed by atoms with van der Waals surface area (Å²) < 4.78 is 0.988. The molecule has 94 valence electrons. The van der Waals surface area contributed by atoms with Gasteiger partial charge in [0, 0.05) is 12.3 Å². The van der Waals surface area contributed by atoms with E-state index >= 15 is 0 Å². The number of hydrogen-bond donors (Lipinski definition) is 1. The molecule has 0 spiro atoms. The summed E-state index contributed by atoms with van der Waals surface area (Å²) in [5.41, 5.74) is 2.59. The van der Waals surface area contributed by atoms with Crippen LogP contribution < -0.4 is 5.32 Å². The van der Waals surface area contributed by atoms with E-state index in [1.165, 1.54) is 11.1 Å². The number of hydrogen-bond acceptors (Lipinski definition) is 5. The van der Waals surface area contributed by atoms with Crippen LogP contribution in [0.4, 0.5) is 5.13 Å². The van der Waals surface area contributed by atoms with E-state index in [1.54, 1.807) is 29.2 Å². The quantitative estimate of drug-likeness (QED) is 0.645. The molecule has 2 aromatic rings. The predicted molar refractivity (Wildman–Crippen MR) is 79.3 cm³/mol. The molecule has 0 radical (unpaired) electrons. The van der Waals surface area contributed by atoms with Crippen molar-refractivity contribution in [2.75, 3.05) is 11.9 Å². The molecule has 1 heterocycles. The van der Waals surface area contributed by atoms with Crippen molar-refractivity contribution in [3.63, 3.8) is 0 Å². The highest BCUT2D eigenvalue weighted by atomic mass is 32.2. The van der Waals surface area contributed by atoms with E-state index in [0.717, 1.165) is 21.8 Å². The number of nitrogens with one attached hydrogen (secondary N) is 1. The van der Waals surface area contributed by atoms with Gasteiger partial charge < -0.3 is 5.32 Å². The first-order chi connectivity index (χ1) is 8.78. The molecule has 5 heteroatoms. The maximum atomic E-state index is 4.14. The average molecular weight is 277 g/mol. The second-order valence-electron chi connectivity index (χ2n) is 3.82. The van der Waals surface area contributed by atoms with Crippen molar-refractivity contribution in [1.82, 2.24) is 10.2 Å². The Bertz CT molecular complexity index is 505. The molecule has 2 rings (SSSR count). The molecule has 0 fully saturated rings. The van der Waals surface area contributed by atoms with Gasteiger partial charge in [-0.1, -0.05) is 59.0 Å². The molecular formula is C13H15N3S2. The molecule has 3 nitrogen and oxygen atoms in total. The highest BCUT2D eigenvalue weighted by Gasteiger charge is 2.04. The number of aromatic nitrogens is 2. The van der Waals surface area contributed by atoms with E-state index in [-0.39, 0.29) is 0 Å². The molecule has 0 bridgehead atoms. The van der Waals surface area contributed by atoms with Crippen LogP contribution in [0, 0.1) is 6.92 Å². The molecule has 0 saturated heterocycles. The fraction of sp³-hybridized carbons (Fsp3) is 0.231. The highest BCUT2D eigenvalue weighted by Crippen LogP contribution is 2.28. The van der Waals surface area contributed by atoms with Gasteiger partial charge >= 0.3 is 0 Å². The van der Waals surface area contributed by atoms with Crippen molar-refractivity contribution >= 4 is 28.2 Å². The van der Waals surface area contributed by atoms with Crippen LogP contribution in [0.1, 0.15) is 11.1 Å². The third-order valence-electron chi connectivity index (χ3n) is 2.29. The maximum absolute atomic E-state index is 4.14. The van der Waals surface area contributed by atoms with Crippen LogP contribution in [0.25, 0.3) is 0 Å². The van der Waals surface area contributed by atoms with Gasteiger partial charge in [-0.25, -0.2) is 0 Å². The number of aryl methyl sites for hydroxylation is 1. The van der Waals surface area contributed by atoms with E-state index in [0.29, 0.717) is 0 Å². The van der Waals surface area contributed by atoms with E-state index in [9.17, 15) is 0 Å². The monoisotopic (exact) mass is 277 g/mol. The summed E-state index contributed by atoms with van der Waals surface area (Å²) in [6.45, 7) is 6.47. The Balaban J connectivity index is 1.87. The van der Waals surface area contributed by atoms with Crippen LogP contribution in [-0.4, -0.2) is 16.7 Å². The molecule has 0 unspecified atom stereocenters. The SMILES string of the molecule is C=CCNc1nnc(SCc2ccc(C)cc2)s1. The first-order valence-corrected chi connectivity index (χ1v) is 7.45. The Labute approximate surface area is 115 Å². The fourth-order valence-electron chi connectivity index (χ4n) is 1.33. The van der Waals surface area contributed by atoms with E-state index in [4.69, 9.17) is 0 Å². The van der Waals surface area contributed by atoms with Crippen LogP contribution in [0.2, 0.25) is 0 Å². The van der Waals surface area contributed by atoms with Crippen molar-refractivity contribution in [3.8, 4) is 0 Å². The standard InChI is InChI=1S/C13H15N3S2/c1-3-8-14-12-15-16-13(18-12)17-9-11-6-4-10(2)5-7-11/h3-7H,1,8-9H2,2H3,(H,14,15). The second kappa shape index (κ2) is 6.56. The van der Waals surface area contributed by atoms with E-state index in [1.807, 2.05) is 0 Å². The third kappa shape index (κ3) is 3.85. The van der Waals surface area contributed by atoms with Crippen molar-refractivity contribution in [2.24, 2.45) is 0 Å². The summed E-state index contributed by atoms with van der Waals surface area (Å²) in [5.74, 6) is 0.927. The molecule has 1 N–H and O–H groups in total. The zero-order chi connectivity index (χ0) is 12.8. The molecule has 0 amide bonds. The minimum absolute atomic E-state index is 0.720. The molecule has 0 saturated carbocycles. The lowest BCUT2D eigenvalue weighted by Gasteiger charge is -1.99. The van der Waals surface area contributed by atoms with Crippen molar-refractivity contribution in [3.05, 3.63) is 48.0 Å². The lowest BCUT2D eigenvalue weighted by atomic mass is 10.2. The zero-order valence-corrected chi connectivity index (χ0v) is 11.9. The lowest BCUT2D eigenvalue weighted by Crippen LogP contribution is -1.96. The molecule has 0 aliphatic carbocycles. The number of thioether (sulfide) groups is 1. The number of rotatable bonds is 6. The zero-order valence-electron chi connectivity index (χ0n) is 10.2. The Kier molecular flexibility index (Phi) is 4.78. The van der Waals surface area contributed by atoms with Crippen LogP contribution in [-0.2, 0) is 5.75 Å². The van der Waals surface area contributed by atoms with Crippen molar-refractivity contribution in [1.29, 1.82) is 0 Å². The first-order valence-electron chi connectivity index (χ1n) is 5.64. The van der Waals surface area contributed by atoms with E-state index in [2.05, 4.69) is 53.3 Å². The topological polar surface area (TPSA) is 37.8 Å². The number of nitrogens with zero attached hydrogens (tertiary/aromatic N) is 2. The van der Waals surface area contributed by atoms with Gasteiger partial charge in [0.2, 0.25) is 5.13 Å². The summed E-state index contributed by atoms with van der Waals surface area (Å²) >= 11 is 3.29. The molecule has 18 heavy (non-hydrogen) atoms. The smallest absolute Gasteiger partial charge is 0.206 e. The Morgan fingerprint density at radius 2 is 2.11 bits per heavy atom. The summed E-state index contributed by atoms with van der Waals surface area (Å²) in [6.07, 6.45) is 1.81. The van der Waals surface area contributed by atoms with Gasteiger partial charge in [0.25, 0.3) is 0 Å². The highest BCUT2D eigenvalue weighted by molar-refractivity contribution is 8.00. The molecule has 1 aromatic heterocycles. The van der Waals surface area contributed by atoms with Gasteiger partial charge in [0.1, 0.15) is 0 Å². The molecular weight excluding hydrogens is 262 g/mol. The van der Waals surface area contributed by atoms with Crippen molar-refractivity contribution < 1.29 is 0 Å². The van der Waals surface area contributed by atoms with Gasteiger partial charge in [0.15, 0.2) is 4.34 Å². The van der Waals surface area contributed by atoms with Crippen molar-refractivity contribution in [2.45, 2.75) is 17.0 Å². The van der Waals surface area contributed by atoms with Gasteiger partial charge in [0.05, 0.1) is 0 Å². The number of benzene rings is 1. The van der Waals surface area contributed by atoms with Crippen LogP contribution in [0.5, 0.6) is 0 Å². The van der Waals surface area contributed by atoms with Crippen LogP contribution in [0.15, 0.2) is 41.3 Å². The Morgan fingerprint density at radius 3 is 2.83 bits per heavy atom. The summed E-state index contributed by atoms with van der Waals surface area (Å²) in [4.78, 5) is 0. The van der Waals surface area contributed by atoms with Gasteiger partial charge in [-0.15, -0.1) is 16.8 Å². The summed E-state index contributed by atoms with van der Waals surface area (Å²) in [6, 6.07) is 8.57. The second-order valence-corrected chi connectivity index (χ2v) is 6.02. The molecule has 0 aliphatic rings. The van der Waals surface area contributed by atoms with E-state index < -0.39 is 0 Å². The maximum Gasteiger partial charge on any atom is 0.206 e. The lowest BCUT2D eigenvalue weighted by molar-refractivity contribution is 1.01. The van der Waals surface area contributed by atoms with Gasteiger partial charge in [-0.3, -0.25) is 0 Å².